The summed E-state index contributed by atoms with van der Waals surface area (Å²) in [6.07, 6.45) is 2.13. The zero-order chi connectivity index (χ0) is 23.1. The zero-order valence-corrected chi connectivity index (χ0v) is 19.3. The number of allylic oxidation sites excluding steroid dienone is 2. The smallest absolute Gasteiger partial charge is 0.226 e. The monoisotopic (exact) mass is 445 g/mol. The van der Waals surface area contributed by atoms with E-state index in [0.717, 1.165) is 40.9 Å². The molecule has 2 aromatic carbocycles. The van der Waals surface area contributed by atoms with Gasteiger partial charge in [-0.3, -0.25) is 4.79 Å². The van der Waals surface area contributed by atoms with Crippen LogP contribution in [0.25, 0.3) is 11.4 Å². The van der Waals surface area contributed by atoms with Crippen LogP contribution in [0.15, 0.2) is 53.7 Å². The van der Waals surface area contributed by atoms with Gasteiger partial charge in [0.05, 0.1) is 14.2 Å². The summed E-state index contributed by atoms with van der Waals surface area (Å²) in [6.45, 7) is 0. The van der Waals surface area contributed by atoms with Crippen LogP contribution in [-0.4, -0.2) is 48.9 Å². The number of nitrogens with one attached hydrogen (secondary N) is 1. The van der Waals surface area contributed by atoms with Crippen molar-refractivity contribution in [2.24, 2.45) is 0 Å². The van der Waals surface area contributed by atoms with Crippen LogP contribution >= 0.6 is 0 Å². The van der Waals surface area contributed by atoms with Crippen LogP contribution in [-0.2, 0) is 4.79 Å². The van der Waals surface area contributed by atoms with Gasteiger partial charge in [-0.25, -0.2) is 4.68 Å². The normalized spacial score (nSPS) is 17.2. The van der Waals surface area contributed by atoms with Gasteiger partial charge in [-0.1, -0.05) is 12.1 Å². The fourth-order valence-electron chi connectivity index (χ4n) is 4.60. The second-order valence-corrected chi connectivity index (χ2v) is 8.42. The molecule has 5 rings (SSSR count). The molecule has 0 fully saturated rings. The molecular formula is C25H27N5O3. The first kappa shape index (κ1) is 21.1. The van der Waals surface area contributed by atoms with Crippen molar-refractivity contribution in [3.8, 4) is 22.9 Å². The number of methoxy groups -OCH3 is 2. The number of carbonyl (C=O) groups excluding carboxylic acids is 1. The number of hydrogen-bond acceptors (Lipinski definition) is 7. The topological polar surface area (TPSA) is 81.5 Å². The Morgan fingerprint density at radius 2 is 1.85 bits per heavy atom. The minimum absolute atomic E-state index is 0.122. The summed E-state index contributed by atoms with van der Waals surface area (Å²) < 4.78 is 13.1. The average Bonchev–Trinajstić information content (AvgIpc) is 3.26. The van der Waals surface area contributed by atoms with E-state index in [4.69, 9.17) is 19.6 Å². The molecule has 8 heteroatoms. The van der Waals surface area contributed by atoms with E-state index in [1.165, 1.54) is 0 Å². The molecule has 0 radical (unpaired) electrons. The van der Waals surface area contributed by atoms with Crippen LogP contribution in [0.5, 0.6) is 11.5 Å². The molecule has 1 aliphatic carbocycles. The highest BCUT2D eigenvalue weighted by Gasteiger charge is 2.38. The van der Waals surface area contributed by atoms with Crippen LogP contribution in [0.3, 0.4) is 0 Å². The first-order valence-electron chi connectivity index (χ1n) is 11.0. The predicted molar refractivity (Wildman–Crippen MR) is 127 cm³/mol. The number of rotatable bonds is 5. The molecule has 33 heavy (non-hydrogen) atoms. The van der Waals surface area contributed by atoms with Gasteiger partial charge in [-0.15, -0.1) is 5.10 Å². The highest BCUT2D eigenvalue weighted by Crippen LogP contribution is 2.45. The van der Waals surface area contributed by atoms with E-state index in [-0.39, 0.29) is 5.78 Å². The Morgan fingerprint density at radius 1 is 1.06 bits per heavy atom. The number of ether oxygens (including phenoxy) is 2. The van der Waals surface area contributed by atoms with Crippen molar-refractivity contribution in [3.63, 3.8) is 0 Å². The molecule has 1 atom stereocenters. The number of fused-ring (bicyclic) bond motifs is 1. The number of nitrogens with zero attached hydrogens (tertiary/aromatic N) is 4. The molecule has 1 N–H and O–H groups in total. The van der Waals surface area contributed by atoms with Crippen LogP contribution in [0.2, 0.25) is 0 Å². The second kappa shape index (κ2) is 8.27. The number of anilines is 2. The Hall–Kier alpha value is -3.81. The SMILES string of the molecule is COc1cccc(C2C3=C(CCCC3=O)Nc3nc(-c4ccc(N(C)C)cc4)nn32)c1OC. The Balaban J connectivity index is 1.67. The van der Waals surface area contributed by atoms with Gasteiger partial charge >= 0.3 is 0 Å². The molecule has 0 bridgehead atoms. The Bertz CT molecular complexity index is 1240. The summed E-state index contributed by atoms with van der Waals surface area (Å²) in [5.41, 5.74) is 4.46. The number of benzene rings is 2. The Kier molecular flexibility index (Phi) is 5.28. The Labute approximate surface area is 192 Å². The molecule has 0 spiro atoms. The lowest BCUT2D eigenvalue weighted by Gasteiger charge is -2.32. The summed E-state index contributed by atoms with van der Waals surface area (Å²) in [7, 11) is 7.23. The van der Waals surface area contributed by atoms with E-state index >= 15 is 0 Å². The van der Waals surface area contributed by atoms with E-state index in [9.17, 15) is 4.79 Å². The summed E-state index contributed by atoms with van der Waals surface area (Å²) in [5, 5.41) is 8.24. The number of Topliss-reactive ketones (excluding diaryl/α,β-unsaturated/α-hetero) is 1. The maximum Gasteiger partial charge on any atom is 0.226 e. The van der Waals surface area contributed by atoms with Crippen molar-refractivity contribution in [1.29, 1.82) is 0 Å². The standard InChI is InChI=1S/C25H27N5O3/c1-29(2)16-13-11-15(12-14-16)24-27-25-26-18-8-6-9-19(31)21(18)22(30(25)28-24)17-7-5-10-20(32-3)23(17)33-4/h5,7,10-14,22H,6,8-9H2,1-4H3,(H,26,27,28). The average molecular weight is 446 g/mol. The van der Waals surface area contributed by atoms with Crippen LogP contribution in [0, 0.1) is 0 Å². The fraction of sp³-hybridized carbons (Fsp3) is 0.320. The van der Waals surface area contributed by atoms with E-state index in [1.807, 2.05) is 61.5 Å². The molecule has 1 unspecified atom stereocenters. The minimum atomic E-state index is -0.448. The molecule has 2 aliphatic rings. The largest absolute Gasteiger partial charge is 0.493 e. The zero-order valence-electron chi connectivity index (χ0n) is 19.3. The van der Waals surface area contributed by atoms with E-state index in [2.05, 4.69) is 5.32 Å². The number of ketones is 1. The van der Waals surface area contributed by atoms with E-state index in [0.29, 0.717) is 29.7 Å². The van der Waals surface area contributed by atoms with Gasteiger partial charge in [0, 0.05) is 48.6 Å². The molecule has 0 saturated carbocycles. The lowest BCUT2D eigenvalue weighted by molar-refractivity contribution is -0.116. The van der Waals surface area contributed by atoms with Gasteiger partial charge in [-0.05, 0) is 43.2 Å². The molecule has 0 saturated heterocycles. The lowest BCUT2D eigenvalue weighted by Crippen LogP contribution is -2.31. The fourth-order valence-corrected chi connectivity index (χ4v) is 4.60. The van der Waals surface area contributed by atoms with Gasteiger partial charge in [0.25, 0.3) is 0 Å². The molecule has 3 aromatic rings. The number of aromatic nitrogens is 3. The lowest BCUT2D eigenvalue weighted by atomic mass is 9.85. The van der Waals surface area contributed by atoms with Crippen molar-refractivity contribution >= 4 is 17.4 Å². The molecular weight excluding hydrogens is 418 g/mol. The van der Waals surface area contributed by atoms with Gasteiger partial charge < -0.3 is 19.7 Å². The Morgan fingerprint density at radius 3 is 2.55 bits per heavy atom. The van der Waals surface area contributed by atoms with E-state index < -0.39 is 6.04 Å². The molecule has 2 heterocycles. The quantitative estimate of drug-likeness (QED) is 0.634. The van der Waals surface area contributed by atoms with Crippen molar-refractivity contribution in [1.82, 2.24) is 14.8 Å². The highest BCUT2D eigenvalue weighted by atomic mass is 16.5. The molecule has 170 valence electrons. The highest BCUT2D eigenvalue weighted by molar-refractivity contribution is 5.99. The van der Waals surface area contributed by atoms with Crippen LogP contribution in [0.1, 0.15) is 30.9 Å². The first-order valence-corrected chi connectivity index (χ1v) is 11.0. The number of hydrogen-bond donors (Lipinski definition) is 1. The third-order valence-corrected chi connectivity index (χ3v) is 6.24. The molecule has 1 aromatic heterocycles. The first-order chi connectivity index (χ1) is 16.0. The summed E-state index contributed by atoms with van der Waals surface area (Å²) in [5.74, 6) is 2.54. The maximum atomic E-state index is 13.1. The summed E-state index contributed by atoms with van der Waals surface area (Å²) >= 11 is 0. The van der Waals surface area contributed by atoms with Crippen molar-refractivity contribution in [2.45, 2.75) is 25.3 Å². The van der Waals surface area contributed by atoms with Gasteiger partial charge in [0.15, 0.2) is 23.1 Å². The number of carbonyl (C=O) groups is 1. The molecule has 8 nitrogen and oxygen atoms in total. The number of para-hydroxylation sites is 1. The second-order valence-electron chi connectivity index (χ2n) is 8.42. The van der Waals surface area contributed by atoms with Gasteiger partial charge in [0.1, 0.15) is 6.04 Å². The third-order valence-electron chi connectivity index (χ3n) is 6.24. The maximum absolute atomic E-state index is 13.1. The van der Waals surface area contributed by atoms with E-state index in [1.54, 1.807) is 18.9 Å². The predicted octanol–water partition coefficient (Wildman–Crippen LogP) is 4.05. The van der Waals surface area contributed by atoms with Crippen molar-refractivity contribution < 1.29 is 14.3 Å². The van der Waals surface area contributed by atoms with Gasteiger partial charge in [0.2, 0.25) is 5.95 Å². The minimum Gasteiger partial charge on any atom is -0.493 e. The third kappa shape index (κ3) is 3.51. The molecule has 1 aliphatic heterocycles. The molecule has 0 amide bonds. The van der Waals surface area contributed by atoms with Gasteiger partial charge in [-0.2, -0.15) is 4.98 Å². The van der Waals surface area contributed by atoms with Crippen molar-refractivity contribution in [3.05, 3.63) is 59.3 Å². The van der Waals surface area contributed by atoms with Crippen LogP contribution in [0.4, 0.5) is 11.6 Å². The summed E-state index contributed by atoms with van der Waals surface area (Å²) in [6, 6.07) is 13.4. The van der Waals surface area contributed by atoms with Crippen molar-refractivity contribution in [2.75, 3.05) is 38.5 Å². The summed E-state index contributed by atoms with van der Waals surface area (Å²) in [4.78, 5) is 20.0. The van der Waals surface area contributed by atoms with Crippen LogP contribution < -0.4 is 19.7 Å².